The number of rotatable bonds is 8. The Balaban J connectivity index is 1.52. The first kappa shape index (κ1) is 24.3. The first-order valence-corrected chi connectivity index (χ1v) is 11.8. The normalized spacial score (nSPS) is 19.0. The van der Waals surface area contributed by atoms with Crippen molar-refractivity contribution in [3.8, 4) is 11.3 Å². The van der Waals surface area contributed by atoms with Crippen LogP contribution in [0.2, 0.25) is 0 Å². The summed E-state index contributed by atoms with van der Waals surface area (Å²) in [6.45, 7) is 4.22. The molecule has 1 aliphatic carbocycles. The third kappa shape index (κ3) is 6.42. The number of hydrogen-bond acceptors (Lipinski definition) is 6. The van der Waals surface area contributed by atoms with E-state index in [0.717, 1.165) is 35.2 Å². The molecule has 4 rings (SSSR count). The minimum Gasteiger partial charge on any atom is -0.489 e. The van der Waals surface area contributed by atoms with Crippen LogP contribution in [0.25, 0.3) is 11.3 Å². The first-order chi connectivity index (χ1) is 16.9. The van der Waals surface area contributed by atoms with Crippen molar-refractivity contribution in [2.75, 3.05) is 0 Å². The van der Waals surface area contributed by atoms with Gasteiger partial charge in [-0.2, -0.15) is 10.2 Å². The van der Waals surface area contributed by atoms with Crippen LogP contribution in [0.3, 0.4) is 0 Å². The zero-order chi connectivity index (χ0) is 24.8. The number of nitrogens with zero attached hydrogens (tertiary/aromatic N) is 5. The van der Waals surface area contributed by atoms with E-state index in [0.29, 0.717) is 24.4 Å². The van der Waals surface area contributed by atoms with Crippen molar-refractivity contribution >= 4 is 5.71 Å². The van der Waals surface area contributed by atoms with Crippen molar-refractivity contribution in [2.24, 2.45) is 12.0 Å². The molecule has 3 aromatic rings. The highest BCUT2D eigenvalue weighted by Gasteiger charge is 2.24. The fourth-order valence-electron chi connectivity index (χ4n) is 4.07. The highest BCUT2D eigenvalue weighted by Crippen LogP contribution is 2.24. The Morgan fingerprint density at radius 3 is 2.86 bits per heavy atom. The highest BCUT2D eigenvalue weighted by molar-refractivity contribution is 5.99. The summed E-state index contributed by atoms with van der Waals surface area (Å²) in [5.74, 6) is 0.671. The predicted octanol–water partition coefficient (Wildman–Crippen LogP) is 3.85. The molecule has 1 aliphatic rings. The van der Waals surface area contributed by atoms with Crippen LogP contribution < -0.4 is 5.56 Å². The van der Waals surface area contributed by atoms with Crippen molar-refractivity contribution in [3.05, 3.63) is 94.4 Å². The van der Waals surface area contributed by atoms with E-state index >= 15 is 0 Å². The average molecular weight is 474 g/mol. The quantitative estimate of drug-likeness (QED) is 0.305. The first-order valence-electron chi connectivity index (χ1n) is 11.8. The van der Waals surface area contributed by atoms with Crippen molar-refractivity contribution in [1.82, 2.24) is 19.6 Å². The molecule has 2 heterocycles. The van der Waals surface area contributed by atoms with E-state index in [9.17, 15) is 9.90 Å². The largest absolute Gasteiger partial charge is 0.489 e. The van der Waals surface area contributed by atoms with Gasteiger partial charge in [-0.25, -0.2) is 4.68 Å². The fraction of sp³-hybridized carbons (Fsp3) is 0.333. The summed E-state index contributed by atoms with van der Waals surface area (Å²) in [4.78, 5) is 17.1. The van der Waals surface area contributed by atoms with E-state index in [1.165, 1.54) is 10.7 Å². The molecule has 1 N–H and O–H groups in total. The van der Waals surface area contributed by atoms with E-state index in [-0.39, 0.29) is 17.8 Å². The zero-order valence-electron chi connectivity index (χ0n) is 20.3. The second kappa shape index (κ2) is 11.1. The van der Waals surface area contributed by atoms with Gasteiger partial charge in [0.15, 0.2) is 0 Å². The lowest BCUT2D eigenvalue weighted by Gasteiger charge is -2.13. The van der Waals surface area contributed by atoms with Gasteiger partial charge in [0.25, 0.3) is 5.56 Å². The number of aliphatic imine (C=N–C) groups is 1. The standard InChI is InChI=1S/C27H31N5O3/c1-4-6-25(35-24-10-9-23(33)14-24)16-28-19(2)21-8-5-7-20(13-21)17-32-27(34)12-11-26(30-32)22-15-29-31(3)18-22/h4-8,11-13,15-16,18,23-24,33H,9-10,14,17H2,1-3H3/b6-4?,25-16+,28-19?. The SMILES string of the molecule is CC=C/C(=C\N=C(C)c1cccc(Cn2nc(-c3cnn(C)c3)ccc2=O)c1)OC1CCC(O)C1. The van der Waals surface area contributed by atoms with E-state index < -0.39 is 0 Å². The molecule has 0 saturated heterocycles. The number of benzene rings is 1. The lowest BCUT2D eigenvalue weighted by atomic mass is 10.1. The molecule has 0 aliphatic heterocycles. The van der Waals surface area contributed by atoms with Gasteiger partial charge in [-0.05, 0) is 56.0 Å². The lowest BCUT2D eigenvalue weighted by molar-refractivity contribution is 0.107. The predicted molar refractivity (Wildman–Crippen MR) is 136 cm³/mol. The Morgan fingerprint density at radius 1 is 1.29 bits per heavy atom. The lowest BCUT2D eigenvalue weighted by Crippen LogP contribution is -2.22. The minimum atomic E-state index is -0.285. The maximum absolute atomic E-state index is 12.4. The van der Waals surface area contributed by atoms with E-state index in [2.05, 4.69) is 15.2 Å². The minimum absolute atomic E-state index is 0.0135. The summed E-state index contributed by atoms with van der Waals surface area (Å²) in [6, 6.07) is 11.2. The molecule has 2 atom stereocenters. The number of aliphatic hydroxyl groups excluding tert-OH is 1. The molecule has 1 aromatic carbocycles. The van der Waals surface area contributed by atoms with Crippen LogP contribution in [0, 0.1) is 0 Å². The van der Waals surface area contributed by atoms with Gasteiger partial charge >= 0.3 is 0 Å². The van der Waals surface area contributed by atoms with Crippen molar-refractivity contribution < 1.29 is 9.84 Å². The molecule has 2 unspecified atom stereocenters. The van der Waals surface area contributed by atoms with E-state index in [1.807, 2.05) is 63.5 Å². The smallest absolute Gasteiger partial charge is 0.267 e. The Morgan fingerprint density at radius 2 is 2.14 bits per heavy atom. The number of allylic oxidation sites excluding steroid dienone is 2. The zero-order valence-corrected chi connectivity index (χ0v) is 20.3. The number of ether oxygens (including phenoxy) is 1. The van der Waals surface area contributed by atoms with Crippen LogP contribution in [0.4, 0.5) is 0 Å². The molecule has 0 spiro atoms. The van der Waals surface area contributed by atoms with Crippen molar-refractivity contribution in [2.45, 2.75) is 51.9 Å². The molecule has 1 fully saturated rings. The fourth-order valence-corrected chi connectivity index (χ4v) is 4.07. The Hall–Kier alpha value is -3.78. The monoisotopic (exact) mass is 473 g/mol. The summed E-state index contributed by atoms with van der Waals surface area (Å²) in [5.41, 5.74) is 4.11. The van der Waals surface area contributed by atoms with Crippen LogP contribution in [-0.4, -0.2) is 42.6 Å². The van der Waals surface area contributed by atoms with E-state index in [1.54, 1.807) is 23.1 Å². The van der Waals surface area contributed by atoms with Gasteiger partial charge in [0.2, 0.25) is 0 Å². The summed E-state index contributed by atoms with van der Waals surface area (Å²) < 4.78 is 9.19. The van der Waals surface area contributed by atoms with Crippen LogP contribution in [0.5, 0.6) is 0 Å². The maximum Gasteiger partial charge on any atom is 0.267 e. The molecule has 35 heavy (non-hydrogen) atoms. The molecule has 182 valence electrons. The number of hydrogen-bond donors (Lipinski definition) is 1. The number of aryl methyl sites for hydroxylation is 1. The van der Waals surface area contributed by atoms with E-state index in [4.69, 9.17) is 4.74 Å². The molecular formula is C27H31N5O3. The average Bonchev–Trinajstić information content (AvgIpc) is 3.46. The maximum atomic E-state index is 12.4. The molecule has 2 aromatic heterocycles. The molecule has 0 amide bonds. The van der Waals surface area contributed by atoms with Gasteiger partial charge < -0.3 is 9.84 Å². The van der Waals surface area contributed by atoms with Gasteiger partial charge in [-0.1, -0.05) is 24.3 Å². The van der Waals surface area contributed by atoms with Gasteiger partial charge in [0, 0.05) is 37.0 Å². The Labute approximate surface area is 204 Å². The van der Waals surface area contributed by atoms with Crippen LogP contribution in [0.15, 0.2) is 82.7 Å². The molecule has 8 heteroatoms. The summed E-state index contributed by atoms with van der Waals surface area (Å²) in [7, 11) is 1.84. The van der Waals surface area contributed by atoms with Crippen molar-refractivity contribution in [1.29, 1.82) is 0 Å². The Kier molecular flexibility index (Phi) is 7.72. The summed E-state index contributed by atoms with van der Waals surface area (Å²) in [6.07, 6.45) is 11.1. The summed E-state index contributed by atoms with van der Waals surface area (Å²) in [5, 5.41) is 18.5. The molecule has 0 bridgehead atoms. The van der Waals surface area contributed by atoms with Crippen LogP contribution >= 0.6 is 0 Å². The van der Waals surface area contributed by atoms with Gasteiger partial charge in [0.1, 0.15) is 11.9 Å². The molecule has 1 saturated carbocycles. The van der Waals surface area contributed by atoms with Crippen molar-refractivity contribution in [3.63, 3.8) is 0 Å². The molecule has 0 radical (unpaired) electrons. The number of aliphatic hydroxyl groups is 1. The second-order valence-electron chi connectivity index (χ2n) is 8.77. The molecular weight excluding hydrogens is 442 g/mol. The third-order valence-electron chi connectivity index (χ3n) is 5.92. The third-order valence-corrected chi connectivity index (χ3v) is 5.92. The molecule has 8 nitrogen and oxygen atoms in total. The second-order valence-corrected chi connectivity index (χ2v) is 8.77. The Bertz CT molecular complexity index is 1320. The highest BCUT2D eigenvalue weighted by atomic mass is 16.5. The number of aromatic nitrogens is 4. The van der Waals surface area contributed by atoms with Crippen LogP contribution in [-0.2, 0) is 18.3 Å². The summed E-state index contributed by atoms with van der Waals surface area (Å²) >= 11 is 0. The van der Waals surface area contributed by atoms with Gasteiger partial charge in [-0.3, -0.25) is 14.5 Å². The van der Waals surface area contributed by atoms with Crippen LogP contribution in [0.1, 0.15) is 44.2 Å². The van der Waals surface area contributed by atoms with Gasteiger partial charge in [-0.15, -0.1) is 0 Å². The van der Waals surface area contributed by atoms with Gasteiger partial charge in [0.05, 0.1) is 30.7 Å². The topological polar surface area (TPSA) is 94.5 Å².